The number of fused-ring (bicyclic) bond motifs is 4. The van der Waals surface area contributed by atoms with E-state index in [9.17, 15) is 9.90 Å². The molecule has 3 aromatic rings. The highest BCUT2D eigenvalue weighted by Gasteiger charge is 2.62. The molecule has 250 valence electrons. The fraction of sp³-hybridized carbons (Fsp3) is 0.359. The third kappa shape index (κ3) is 6.40. The minimum Gasteiger partial charge on any atom is -0.377 e. The zero-order valence-electron chi connectivity index (χ0n) is 27.1. The smallest absolute Gasteiger partial charge is 0.171 e. The monoisotopic (exact) mass is 722 g/mol. The summed E-state index contributed by atoms with van der Waals surface area (Å²) in [5, 5.41) is 14.5. The average Bonchev–Trinajstić information content (AvgIpc) is 3.30. The second-order valence-corrected chi connectivity index (χ2v) is 15.9. The number of carbonyl (C=O) groups excluding carboxylic acids is 1. The molecule has 0 unspecified atom stereocenters. The quantitative estimate of drug-likeness (QED) is 0.225. The van der Waals surface area contributed by atoms with Gasteiger partial charge in [0.2, 0.25) is 0 Å². The SMILES string of the molecule is CC#C[C@]1(O)CC[C@H]2[C@@H]3CCC4=CC(=O)CCC4=C3[C@@H](c3ccc(P(=O)(c4ccccc4)c4ccccc4)cc3)C[C@@]21C.S.S.S.S. The molecular weight excluding hydrogens is 676 g/mol. The van der Waals surface area contributed by atoms with Gasteiger partial charge in [0.15, 0.2) is 12.9 Å². The Labute approximate surface area is 308 Å². The van der Waals surface area contributed by atoms with Crippen LogP contribution in [0.15, 0.2) is 108 Å². The summed E-state index contributed by atoms with van der Waals surface area (Å²) in [6.07, 6.45) is 7.73. The Bertz CT molecular complexity index is 1720. The van der Waals surface area contributed by atoms with Crippen molar-refractivity contribution in [3.05, 3.63) is 113 Å². The number of aliphatic hydroxyl groups is 1. The number of benzene rings is 3. The first-order valence-electron chi connectivity index (χ1n) is 15.7. The van der Waals surface area contributed by atoms with Gasteiger partial charge in [0.1, 0.15) is 5.60 Å². The van der Waals surface area contributed by atoms with Gasteiger partial charge < -0.3 is 9.67 Å². The Morgan fingerprint density at radius 3 is 1.94 bits per heavy atom. The van der Waals surface area contributed by atoms with E-state index in [1.807, 2.05) is 73.7 Å². The maximum atomic E-state index is 15.0. The lowest BCUT2D eigenvalue weighted by Crippen LogP contribution is -2.51. The maximum Gasteiger partial charge on any atom is 0.171 e. The minimum absolute atomic E-state index is 0. The first kappa shape index (κ1) is 39.4. The molecule has 5 atom stereocenters. The number of ketones is 1. The van der Waals surface area contributed by atoms with E-state index in [1.54, 1.807) is 0 Å². The van der Waals surface area contributed by atoms with E-state index in [4.69, 9.17) is 0 Å². The lowest BCUT2D eigenvalue weighted by atomic mass is 9.51. The van der Waals surface area contributed by atoms with E-state index in [-0.39, 0.29) is 71.1 Å². The van der Waals surface area contributed by atoms with Crippen molar-refractivity contribution in [2.45, 2.75) is 70.3 Å². The second kappa shape index (κ2) is 15.2. The third-order valence-corrected chi connectivity index (χ3v) is 14.2. The Kier molecular flexibility index (Phi) is 12.8. The minimum atomic E-state index is -3.07. The van der Waals surface area contributed by atoms with Crippen LogP contribution in [-0.2, 0) is 9.36 Å². The van der Waals surface area contributed by atoms with Gasteiger partial charge >= 0.3 is 0 Å². The number of allylic oxidation sites excluding steroid dienone is 4. The molecule has 3 aromatic carbocycles. The van der Waals surface area contributed by atoms with Crippen molar-refractivity contribution in [1.29, 1.82) is 0 Å². The van der Waals surface area contributed by atoms with Gasteiger partial charge in [0.05, 0.1) is 0 Å². The van der Waals surface area contributed by atoms with Crippen molar-refractivity contribution < 1.29 is 14.5 Å². The molecule has 0 aliphatic heterocycles. The Morgan fingerprint density at radius 1 is 0.787 bits per heavy atom. The summed E-state index contributed by atoms with van der Waals surface area (Å²) in [4.78, 5) is 12.4. The van der Waals surface area contributed by atoms with E-state index >= 15 is 4.57 Å². The number of rotatable bonds is 4. The van der Waals surface area contributed by atoms with Gasteiger partial charge in [0.25, 0.3) is 0 Å². The van der Waals surface area contributed by atoms with Crippen LogP contribution in [0.3, 0.4) is 0 Å². The zero-order valence-corrected chi connectivity index (χ0v) is 31.9. The van der Waals surface area contributed by atoms with Crippen LogP contribution in [0.5, 0.6) is 0 Å². The number of carbonyl (C=O) groups is 1. The Balaban J connectivity index is 0.00000150. The molecule has 8 heteroatoms. The van der Waals surface area contributed by atoms with Crippen molar-refractivity contribution in [3.8, 4) is 11.8 Å². The van der Waals surface area contributed by atoms with Crippen molar-refractivity contribution in [2.75, 3.05) is 0 Å². The molecule has 0 amide bonds. The summed E-state index contributed by atoms with van der Waals surface area (Å²) >= 11 is 0. The standard InChI is InChI=1S/C39H39O3P.4H2S/c1-3-23-39(41)24-22-36-34-20-16-28-25-29(40)17-21-33(28)37(34)35(26-38(36,39)2)27-14-18-32(19-15-27)43(42,30-10-6-4-7-11-30)31-12-8-5-9-13-31;;;;/h4-15,18-19,25,34-36,41H,16-17,20-22,24,26H2,1-2H3;4*1H2/t34-,35+,36-,38-,39-;;;;/m0..../s1. The molecule has 3 nitrogen and oxygen atoms in total. The summed E-state index contributed by atoms with van der Waals surface area (Å²) in [5.41, 5.74) is 3.97. The lowest BCUT2D eigenvalue weighted by Gasteiger charge is -2.53. The molecule has 47 heavy (non-hydrogen) atoms. The maximum absolute atomic E-state index is 15.0. The third-order valence-electron chi connectivity index (χ3n) is 11.1. The molecule has 0 saturated heterocycles. The van der Waals surface area contributed by atoms with Crippen LogP contribution in [0.1, 0.15) is 70.3 Å². The van der Waals surface area contributed by atoms with Crippen LogP contribution < -0.4 is 15.9 Å². The Morgan fingerprint density at radius 2 is 1.36 bits per heavy atom. The van der Waals surface area contributed by atoms with Gasteiger partial charge in [-0.05, 0) is 80.1 Å². The summed E-state index contributed by atoms with van der Waals surface area (Å²) in [6.45, 7) is 4.10. The zero-order chi connectivity index (χ0) is 29.8. The highest BCUT2D eigenvalue weighted by Crippen LogP contribution is 2.66. The van der Waals surface area contributed by atoms with E-state index in [0.29, 0.717) is 24.7 Å². The summed E-state index contributed by atoms with van der Waals surface area (Å²) in [7, 11) is -3.07. The van der Waals surface area contributed by atoms with Crippen molar-refractivity contribution >= 4 is 82.8 Å². The lowest BCUT2D eigenvalue weighted by molar-refractivity contribution is -0.114. The van der Waals surface area contributed by atoms with Crippen LogP contribution in [0.2, 0.25) is 0 Å². The van der Waals surface area contributed by atoms with E-state index in [1.165, 1.54) is 22.3 Å². The van der Waals surface area contributed by atoms with E-state index in [0.717, 1.165) is 48.0 Å². The highest BCUT2D eigenvalue weighted by molar-refractivity contribution is 7.85. The molecule has 2 fully saturated rings. The van der Waals surface area contributed by atoms with Crippen LogP contribution in [0.25, 0.3) is 0 Å². The van der Waals surface area contributed by atoms with Gasteiger partial charge in [-0.3, -0.25) is 4.79 Å². The number of hydrogen-bond acceptors (Lipinski definition) is 3. The summed E-state index contributed by atoms with van der Waals surface area (Å²) < 4.78 is 15.0. The predicted molar refractivity (Wildman–Crippen MR) is 216 cm³/mol. The van der Waals surface area contributed by atoms with E-state index < -0.39 is 12.7 Å². The van der Waals surface area contributed by atoms with Crippen molar-refractivity contribution in [1.82, 2.24) is 0 Å². The summed E-state index contributed by atoms with van der Waals surface area (Å²) in [6, 6.07) is 28.1. The molecular formula is C39H47O3PS4. The second-order valence-electron chi connectivity index (χ2n) is 13.1. The van der Waals surface area contributed by atoms with Crippen LogP contribution in [-0.4, -0.2) is 16.5 Å². The molecule has 4 aliphatic rings. The number of hydrogen-bond donors (Lipinski definition) is 1. The van der Waals surface area contributed by atoms with Crippen LogP contribution >= 0.6 is 61.1 Å². The fourth-order valence-electron chi connectivity index (χ4n) is 9.02. The molecule has 0 bridgehead atoms. The molecule has 0 radical (unpaired) electrons. The fourth-order valence-corrected chi connectivity index (χ4v) is 11.7. The first-order valence-corrected chi connectivity index (χ1v) is 17.4. The largest absolute Gasteiger partial charge is 0.377 e. The highest BCUT2D eigenvalue weighted by atomic mass is 32.1. The van der Waals surface area contributed by atoms with Crippen LogP contribution in [0.4, 0.5) is 0 Å². The van der Waals surface area contributed by atoms with Gasteiger partial charge in [-0.1, -0.05) is 103 Å². The van der Waals surface area contributed by atoms with Gasteiger partial charge in [-0.15, -0.1) is 5.92 Å². The van der Waals surface area contributed by atoms with Gasteiger partial charge in [-0.25, -0.2) is 0 Å². The van der Waals surface area contributed by atoms with Crippen molar-refractivity contribution in [2.24, 2.45) is 17.3 Å². The summed E-state index contributed by atoms with van der Waals surface area (Å²) in [5.74, 6) is 7.40. The van der Waals surface area contributed by atoms with Crippen LogP contribution in [0, 0.1) is 29.1 Å². The predicted octanol–water partition coefficient (Wildman–Crippen LogP) is 7.43. The molecule has 2 saturated carbocycles. The molecule has 1 N–H and O–H groups in total. The molecule has 0 heterocycles. The Hall–Kier alpha value is -2.04. The average molecular weight is 723 g/mol. The molecule has 4 aliphatic carbocycles. The molecule has 7 rings (SSSR count). The normalized spacial score (nSPS) is 27.4. The van der Waals surface area contributed by atoms with Gasteiger partial charge in [-0.2, -0.15) is 54.0 Å². The molecule has 0 spiro atoms. The van der Waals surface area contributed by atoms with Crippen molar-refractivity contribution in [3.63, 3.8) is 0 Å². The van der Waals surface area contributed by atoms with E-state index in [2.05, 4.69) is 43.0 Å². The van der Waals surface area contributed by atoms with Gasteiger partial charge in [0, 0.05) is 33.7 Å². The topological polar surface area (TPSA) is 54.4 Å². The first-order chi connectivity index (χ1) is 20.8. The molecule has 0 aromatic heterocycles.